The molecule has 1 fully saturated rings. The van der Waals surface area contributed by atoms with E-state index < -0.39 is 5.91 Å². The van der Waals surface area contributed by atoms with Crippen LogP contribution in [0, 0.1) is 0 Å². The second-order valence-corrected chi connectivity index (χ2v) is 5.43. The van der Waals surface area contributed by atoms with E-state index >= 15 is 0 Å². The van der Waals surface area contributed by atoms with Gasteiger partial charge in [-0.1, -0.05) is 0 Å². The number of carbonyl (C=O) groups is 1. The van der Waals surface area contributed by atoms with Crippen molar-refractivity contribution < 1.29 is 9.53 Å². The van der Waals surface area contributed by atoms with Crippen LogP contribution in [0.1, 0.15) is 23.5 Å². The average molecular weight is 255 g/mol. The van der Waals surface area contributed by atoms with Crippen LogP contribution in [0.3, 0.4) is 0 Å². The van der Waals surface area contributed by atoms with Crippen molar-refractivity contribution in [3.8, 4) is 0 Å². The van der Waals surface area contributed by atoms with Crippen molar-refractivity contribution in [2.24, 2.45) is 5.73 Å². The molecule has 17 heavy (non-hydrogen) atoms. The molecule has 2 rings (SSSR count). The van der Waals surface area contributed by atoms with Crippen LogP contribution in [0.4, 0.5) is 10.7 Å². The summed E-state index contributed by atoms with van der Waals surface area (Å²) in [6.07, 6.45) is 0.359. The molecular formula is C11H17N3O2S. The third-order valence-corrected chi connectivity index (χ3v) is 3.93. The van der Waals surface area contributed by atoms with E-state index in [4.69, 9.17) is 16.2 Å². The molecule has 0 radical (unpaired) electrons. The second-order valence-electron chi connectivity index (χ2n) is 4.40. The van der Waals surface area contributed by atoms with E-state index in [0.29, 0.717) is 10.6 Å². The third-order valence-electron chi connectivity index (χ3n) is 2.70. The average Bonchev–Trinajstić information content (AvgIpc) is 2.59. The number of nitrogens with zero attached hydrogens (tertiary/aromatic N) is 1. The predicted octanol–water partition coefficient (Wildman–Crippen LogP) is 1.04. The Morgan fingerprint density at radius 2 is 2.06 bits per heavy atom. The summed E-state index contributed by atoms with van der Waals surface area (Å²) in [5.74, 6) is -0.465. The molecule has 1 saturated heterocycles. The molecule has 2 heterocycles. The molecule has 0 aromatic carbocycles. The number of nitrogens with two attached hydrogens (primary N) is 2. The van der Waals surface area contributed by atoms with Crippen LogP contribution in [-0.4, -0.2) is 31.2 Å². The highest BCUT2D eigenvalue weighted by molar-refractivity contribution is 7.18. The summed E-state index contributed by atoms with van der Waals surface area (Å²) in [4.78, 5) is 13.8. The molecule has 0 bridgehead atoms. The number of thiophene rings is 1. The van der Waals surface area contributed by atoms with Crippen molar-refractivity contribution in [1.29, 1.82) is 0 Å². The van der Waals surface area contributed by atoms with Crippen molar-refractivity contribution in [3.05, 3.63) is 10.9 Å². The molecule has 6 heteroatoms. The highest BCUT2D eigenvalue weighted by Crippen LogP contribution is 2.33. The Hall–Kier alpha value is -1.27. The quantitative estimate of drug-likeness (QED) is 0.827. The van der Waals surface area contributed by atoms with Crippen molar-refractivity contribution in [2.75, 3.05) is 23.7 Å². The fraction of sp³-hybridized carbons (Fsp3) is 0.545. The van der Waals surface area contributed by atoms with E-state index in [0.717, 1.165) is 18.1 Å². The van der Waals surface area contributed by atoms with Crippen LogP contribution in [0.15, 0.2) is 6.07 Å². The largest absolute Gasteiger partial charge is 0.397 e. The lowest BCUT2D eigenvalue weighted by Gasteiger charge is -2.35. The smallest absolute Gasteiger partial charge is 0.260 e. The number of morpholine rings is 1. The van der Waals surface area contributed by atoms with Crippen LogP contribution in [-0.2, 0) is 4.74 Å². The number of carbonyl (C=O) groups excluding carboxylic acids is 1. The number of rotatable bonds is 2. The number of hydrogen-bond acceptors (Lipinski definition) is 5. The zero-order valence-electron chi connectivity index (χ0n) is 9.97. The molecular weight excluding hydrogens is 238 g/mol. The molecule has 1 aliphatic heterocycles. The minimum absolute atomic E-state index is 0.180. The fourth-order valence-corrected chi connectivity index (χ4v) is 3.05. The summed E-state index contributed by atoms with van der Waals surface area (Å²) in [7, 11) is 0. The molecule has 2 atom stereocenters. The first kappa shape index (κ1) is 12.2. The van der Waals surface area contributed by atoms with Gasteiger partial charge < -0.3 is 21.1 Å². The number of nitrogen functional groups attached to an aromatic ring is 1. The normalized spacial score (nSPS) is 24.9. The Bertz CT molecular complexity index is 422. The molecule has 5 nitrogen and oxygen atoms in total. The highest BCUT2D eigenvalue weighted by atomic mass is 32.1. The lowest BCUT2D eigenvalue weighted by atomic mass is 10.2. The van der Waals surface area contributed by atoms with Gasteiger partial charge in [0, 0.05) is 13.1 Å². The maximum Gasteiger partial charge on any atom is 0.260 e. The lowest BCUT2D eigenvalue weighted by molar-refractivity contribution is -0.00500. The van der Waals surface area contributed by atoms with Crippen LogP contribution in [0.5, 0.6) is 0 Å². The van der Waals surface area contributed by atoms with E-state index in [9.17, 15) is 4.79 Å². The first-order valence-corrected chi connectivity index (χ1v) is 6.38. The number of hydrogen-bond donors (Lipinski definition) is 2. The monoisotopic (exact) mass is 255 g/mol. The number of primary amides is 1. The van der Waals surface area contributed by atoms with Gasteiger partial charge in [0.15, 0.2) is 0 Å². The second kappa shape index (κ2) is 4.54. The van der Waals surface area contributed by atoms with Crippen molar-refractivity contribution in [2.45, 2.75) is 26.1 Å². The minimum atomic E-state index is -0.465. The fourth-order valence-electron chi connectivity index (χ4n) is 2.10. The third kappa shape index (κ3) is 2.53. The molecule has 1 aromatic heterocycles. The topological polar surface area (TPSA) is 81.6 Å². The zero-order valence-corrected chi connectivity index (χ0v) is 10.8. The molecule has 4 N–H and O–H groups in total. The van der Waals surface area contributed by atoms with Crippen molar-refractivity contribution >= 4 is 27.9 Å². The minimum Gasteiger partial charge on any atom is -0.397 e. The molecule has 0 saturated carbocycles. The van der Waals surface area contributed by atoms with Crippen LogP contribution < -0.4 is 16.4 Å². The molecule has 1 aromatic rings. The Morgan fingerprint density at radius 1 is 1.47 bits per heavy atom. The summed E-state index contributed by atoms with van der Waals surface area (Å²) in [5, 5.41) is 0.985. The highest BCUT2D eigenvalue weighted by Gasteiger charge is 2.24. The SMILES string of the molecule is C[C@@H]1CN(c2cc(N)c(C(N)=O)s2)C[C@H](C)O1. The summed E-state index contributed by atoms with van der Waals surface area (Å²) >= 11 is 1.35. The van der Waals surface area contributed by atoms with E-state index in [1.165, 1.54) is 11.3 Å². The molecule has 94 valence electrons. The first-order chi connectivity index (χ1) is 7.97. The Kier molecular flexibility index (Phi) is 3.26. The predicted molar refractivity (Wildman–Crippen MR) is 69.5 cm³/mol. The zero-order chi connectivity index (χ0) is 12.6. The van der Waals surface area contributed by atoms with Gasteiger partial charge in [-0.05, 0) is 19.9 Å². The van der Waals surface area contributed by atoms with Gasteiger partial charge in [-0.2, -0.15) is 0 Å². The van der Waals surface area contributed by atoms with Crippen LogP contribution >= 0.6 is 11.3 Å². The van der Waals surface area contributed by atoms with Gasteiger partial charge in [-0.25, -0.2) is 0 Å². The Morgan fingerprint density at radius 3 is 2.53 bits per heavy atom. The number of anilines is 2. The van der Waals surface area contributed by atoms with Crippen molar-refractivity contribution in [1.82, 2.24) is 0 Å². The van der Waals surface area contributed by atoms with E-state index in [1.54, 1.807) is 0 Å². The maximum atomic E-state index is 11.2. The molecule has 0 aliphatic carbocycles. The standard InChI is InChI=1S/C11H17N3O2S/c1-6-4-14(5-7(2)16-6)9-3-8(12)10(17-9)11(13)15/h3,6-7H,4-5,12H2,1-2H3,(H2,13,15)/t6-,7+. The lowest BCUT2D eigenvalue weighted by Crippen LogP contribution is -2.45. The van der Waals surface area contributed by atoms with E-state index in [-0.39, 0.29) is 12.2 Å². The number of ether oxygens (including phenoxy) is 1. The van der Waals surface area contributed by atoms with Gasteiger partial charge in [0.25, 0.3) is 5.91 Å². The van der Waals surface area contributed by atoms with Crippen LogP contribution in [0.25, 0.3) is 0 Å². The van der Waals surface area contributed by atoms with Gasteiger partial charge >= 0.3 is 0 Å². The summed E-state index contributed by atoms with van der Waals surface area (Å²) in [6.45, 7) is 5.69. The van der Waals surface area contributed by atoms with Gasteiger partial charge in [-0.15, -0.1) is 11.3 Å². The van der Waals surface area contributed by atoms with Crippen LogP contribution in [0.2, 0.25) is 0 Å². The summed E-state index contributed by atoms with van der Waals surface area (Å²) in [6, 6.07) is 1.82. The molecule has 0 unspecified atom stereocenters. The van der Waals surface area contributed by atoms with Gasteiger partial charge in [0.1, 0.15) is 4.88 Å². The van der Waals surface area contributed by atoms with Crippen molar-refractivity contribution in [3.63, 3.8) is 0 Å². The Balaban J connectivity index is 2.22. The van der Waals surface area contributed by atoms with Gasteiger partial charge in [0.05, 0.1) is 22.9 Å². The van der Waals surface area contributed by atoms with Gasteiger partial charge in [-0.3, -0.25) is 4.79 Å². The molecule has 0 spiro atoms. The summed E-state index contributed by atoms with van der Waals surface area (Å²) < 4.78 is 5.66. The van der Waals surface area contributed by atoms with E-state index in [2.05, 4.69) is 4.90 Å². The Labute approximate surface area is 104 Å². The number of amides is 1. The summed E-state index contributed by atoms with van der Waals surface area (Å²) in [5.41, 5.74) is 11.5. The maximum absolute atomic E-state index is 11.2. The molecule has 1 aliphatic rings. The first-order valence-electron chi connectivity index (χ1n) is 5.57. The van der Waals surface area contributed by atoms with E-state index in [1.807, 2.05) is 19.9 Å². The van der Waals surface area contributed by atoms with Gasteiger partial charge in [0.2, 0.25) is 0 Å². The molecule has 1 amide bonds.